The van der Waals surface area contributed by atoms with Gasteiger partial charge in [0.2, 0.25) is 0 Å². The molecular weight excluding hydrogens is 126 g/mol. The summed E-state index contributed by atoms with van der Waals surface area (Å²) in [6.07, 6.45) is 2.16. The lowest BCUT2D eigenvalue weighted by molar-refractivity contribution is 0.00511. The number of nitrogens with zero attached hydrogens (tertiary/aromatic N) is 1. The van der Waals surface area contributed by atoms with E-state index in [1.54, 1.807) is 13.8 Å². The molecule has 1 fully saturated rings. The number of hydrogen-bond donors (Lipinski definition) is 1. The minimum Gasteiger partial charge on any atom is -0.389 e. The number of aliphatic hydroxyl groups is 1. The Bertz CT molecular complexity index is 165. The van der Waals surface area contributed by atoms with Gasteiger partial charge in [0.15, 0.2) is 0 Å². The molecule has 1 aliphatic carbocycles. The Morgan fingerprint density at radius 3 is 2.50 bits per heavy atom. The normalized spacial score (nSPS) is 26.6. The average molecular weight is 139 g/mol. The molecule has 0 radical (unpaired) electrons. The Morgan fingerprint density at radius 1 is 1.70 bits per heavy atom. The highest BCUT2D eigenvalue weighted by Gasteiger charge is 2.43. The Hall–Kier alpha value is -0.550. The van der Waals surface area contributed by atoms with Crippen LogP contribution in [0.1, 0.15) is 26.7 Å². The lowest BCUT2D eigenvalue weighted by atomic mass is 9.87. The van der Waals surface area contributed by atoms with Gasteiger partial charge in [-0.2, -0.15) is 5.26 Å². The van der Waals surface area contributed by atoms with Crippen molar-refractivity contribution in [1.29, 1.82) is 5.26 Å². The zero-order valence-corrected chi connectivity index (χ0v) is 6.46. The maximum absolute atomic E-state index is 9.70. The average Bonchev–Trinajstić information content (AvgIpc) is 2.66. The van der Waals surface area contributed by atoms with Gasteiger partial charge in [0.1, 0.15) is 0 Å². The van der Waals surface area contributed by atoms with Gasteiger partial charge in [0.05, 0.1) is 17.6 Å². The molecule has 2 nitrogen and oxygen atoms in total. The van der Waals surface area contributed by atoms with Crippen LogP contribution in [-0.2, 0) is 0 Å². The largest absolute Gasteiger partial charge is 0.389 e. The molecule has 0 bridgehead atoms. The van der Waals surface area contributed by atoms with Gasteiger partial charge in [0, 0.05) is 0 Å². The second kappa shape index (κ2) is 2.25. The van der Waals surface area contributed by atoms with E-state index in [2.05, 4.69) is 6.07 Å². The van der Waals surface area contributed by atoms with Crippen LogP contribution in [0.15, 0.2) is 0 Å². The van der Waals surface area contributed by atoms with Crippen molar-refractivity contribution in [3.8, 4) is 6.07 Å². The number of nitriles is 1. The zero-order chi connectivity index (χ0) is 7.78. The minimum absolute atomic E-state index is 0.236. The van der Waals surface area contributed by atoms with E-state index in [4.69, 9.17) is 5.26 Å². The summed E-state index contributed by atoms with van der Waals surface area (Å²) in [5.74, 6) is 0.141. The molecular formula is C8H13NO. The van der Waals surface area contributed by atoms with Gasteiger partial charge in [-0.25, -0.2) is 0 Å². The fraction of sp³-hybridized carbons (Fsp3) is 0.875. The van der Waals surface area contributed by atoms with Crippen LogP contribution in [0.3, 0.4) is 0 Å². The highest BCUT2D eigenvalue weighted by molar-refractivity contribution is 5.01. The van der Waals surface area contributed by atoms with Crippen molar-refractivity contribution in [2.75, 3.05) is 0 Å². The van der Waals surface area contributed by atoms with E-state index in [9.17, 15) is 5.11 Å². The third kappa shape index (κ3) is 1.15. The smallest absolute Gasteiger partial charge is 0.0802 e. The maximum Gasteiger partial charge on any atom is 0.0802 e. The summed E-state index contributed by atoms with van der Waals surface area (Å²) in [4.78, 5) is 0. The summed E-state index contributed by atoms with van der Waals surface area (Å²) >= 11 is 0. The summed E-state index contributed by atoms with van der Waals surface area (Å²) in [5, 5.41) is 18.2. The van der Waals surface area contributed by atoms with Crippen molar-refractivity contribution in [3.63, 3.8) is 0 Å². The molecule has 10 heavy (non-hydrogen) atoms. The van der Waals surface area contributed by atoms with Crippen molar-refractivity contribution >= 4 is 0 Å². The standard InChI is InChI=1S/C8H13NO/c1-6(5-9)8(2,10)7-3-4-7/h6-7,10H,3-4H2,1-2H3. The Morgan fingerprint density at radius 2 is 2.20 bits per heavy atom. The third-order valence-corrected chi connectivity index (χ3v) is 2.47. The summed E-state index contributed by atoms with van der Waals surface area (Å²) in [6, 6.07) is 2.08. The Kier molecular flexibility index (Phi) is 1.70. The summed E-state index contributed by atoms with van der Waals surface area (Å²) in [6.45, 7) is 3.54. The van der Waals surface area contributed by atoms with Gasteiger partial charge in [0.25, 0.3) is 0 Å². The molecule has 2 unspecified atom stereocenters. The van der Waals surface area contributed by atoms with Gasteiger partial charge in [-0.15, -0.1) is 0 Å². The lowest BCUT2D eigenvalue weighted by Crippen LogP contribution is -2.34. The second-order valence-corrected chi connectivity index (χ2v) is 3.35. The minimum atomic E-state index is -0.741. The van der Waals surface area contributed by atoms with Gasteiger partial charge >= 0.3 is 0 Å². The molecule has 0 aromatic rings. The van der Waals surface area contributed by atoms with Crippen molar-refractivity contribution in [2.45, 2.75) is 32.3 Å². The summed E-state index contributed by atoms with van der Waals surface area (Å²) in [5.41, 5.74) is -0.741. The maximum atomic E-state index is 9.70. The molecule has 1 rings (SSSR count). The van der Waals surface area contributed by atoms with E-state index >= 15 is 0 Å². The molecule has 1 aliphatic rings. The molecule has 2 heteroatoms. The van der Waals surface area contributed by atoms with Gasteiger partial charge in [-0.05, 0) is 32.6 Å². The summed E-state index contributed by atoms with van der Waals surface area (Å²) in [7, 11) is 0. The number of hydrogen-bond acceptors (Lipinski definition) is 2. The van der Waals surface area contributed by atoms with E-state index in [0.29, 0.717) is 5.92 Å². The van der Waals surface area contributed by atoms with E-state index in [0.717, 1.165) is 12.8 Å². The highest BCUT2D eigenvalue weighted by Crippen LogP contribution is 2.43. The van der Waals surface area contributed by atoms with E-state index in [1.165, 1.54) is 0 Å². The van der Waals surface area contributed by atoms with Crippen molar-refractivity contribution in [3.05, 3.63) is 0 Å². The van der Waals surface area contributed by atoms with Crippen molar-refractivity contribution in [2.24, 2.45) is 11.8 Å². The highest BCUT2D eigenvalue weighted by atomic mass is 16.3. The van der Waals surface area contributed by atoms with Crippen LogP contribution in [0.25, 0.3) is 0 Å². The van der Waals surface area contributed by atoms with Gasteiger partial charge in [-0.1, -0.05) is 0 Å². The fourth-order valence-corrected chi connectivity index (χ4v) is 1.15. The van der Waals surface area contributed by atoms with E-state index in [1.807, 2.05) is 0 Å². The molecule has 0 saturated heterocycles. The predicted molar refractivity (Wildman–Crippen MR) is 38.1 cm³/mol. The first-order valence-corrected chi connectivity index (χ1v) is 3.71. The monoisotopic (exact) mass is 139 g/mol. The van der Waals surface area contributed by atoms with Crippen molar-refractivity contribution in [1.82, 2.24) is 0 Å². The molecule has 0 aliphatic heterocycles. The molecule has 1 saturated carbocycles. The quantitative estimate of drug-likeness (QED) is 0.626. The first kappa shape index (κ1) is 7.56. The van der Waals surface area contributed by atoms with Crippen LogP contribution < -0.4 is 0 Å². The number of rotatable bonds is 2. The van der Waals surface area contributed by atoms with E-state index in [-0.39, 0.29) is 5.92 Å². The third-order valence-electron chi connectivity index (χ3n) is 2.47. The summed E-state index contributed by atoms with van der Waals surface area (Å²) < 4.78 is 0. The van der Waals surface area contributed by atoms with Gasteiger partial charge in [-0.3, -0.25) is 0 Å². The Balaban J connectivity index is 2.58. The van der Waals surface area contributed by atoms with Crippen LogP contribution in [-0.4, -0.2) is 10.7 Å². The molecule has 0 heterocycles. The molecule has 0 aromatic carbocycles. The molecule has 0 amide bonds. The lowest BCUT2D eigenvalue weighted by Gasteiger charge is -2.24. The molecule has 56 valence electrons. The van der Waals surface area contributed by atoms with Crippen LogP contribution in [0.5, 0.6) is 0 Å². The zero-order valence-electron chi connectivity index (χ0n) is 6.46. The van der Waals surface area contributed by atoms with Crippen LogP contribution in [0.4, 0.5) is 0 Å². The topological polar surface area (TPSA) is 44.0 Å². The van der Waals surface area contributed by atoms with E-state index < -0.39 is 5.60 Å². The van der Waals surface area contributed by atoms with Crippen molar-refractivity contribution < 1.29 is 5.11 Å². The fourth-order valence-electron chi connectivity index (χ4n) is 1.15. The molecule has 1 N–H and O–H groups in total. The first-order valence-electron chi connectivity index (χ1n) is 3.71. The molecule has 0 aromatic heterocycles. The van der Waals surface area contributed by atoms with Crippen LogP contribution >= 0.6 is 0 Å². The van der Waals surface area contributed by atoms with Crippen LogP contribution in [0.2, 0.25) is 0 Å². The first-order chi connectivity index (χ1) is 4.59. The second-order valence-electron chi connectivity index (χ2n) is 3.35. The predicted octanol–water partition coefficient (Wildman–Crippen LogP) is 1.31. The molecule has 0 spiro atoms. The van der Waals surface area contributed by atoms with Crippen LogP contribution in [0, 0.1) is 23.2 Å². The van der Waals surface area contributed by atoms with Gasteiger partial charge < -0.3 is 5.11 Å². The SMILES string of the molecule is CC(C#N)C(C)(O)C1CC1. The Labute approximate surface area is 61.5 Å². The molecule has 2 atom stereocenters.